The van der Waals surface area contributed by atoms with Crippen molar-refractivity contribution in [2.24, 2.45) is 0 Å². The number of hydrogen-bond acceptors (Lipinski definition) is 3. The standard InChI is InChI=1S/C14H10Br2ClNO3/c1-8-2-3-13(9(4-8)7-17)21-14-11(15)5-10(18(19)20)6-12(14)16/h2-6H,7H2,1H3. The Bertz CT molecular complexity index is 684. The molecule has 0 spiro atoms. The number of alkyl halides is 1. The van der Waals surface area contributed by atoms with E-state index in [1.54, 1.807) is 0 Å². The summed E-state index contributed by atoms with van der Waals surface area (Å²) < 4.78 is 6.83. The first kappa shape index (κ1) is 16.3. The Hall–Kier alpha value is -1.11. The summed E-state index contributed by atoms with van der Waals surface area (Å²) in [5.41, 5.74) is 1.91. The molecule has 0 fully saturated rings. The Morgan fingerprint density at radius 3 is 2.38 bits per heavy atom. The topological polar surface area (TPSA) is 52.4 Å². The van der Waals surface area contributed by atoms with Gasteiger partial charge in [0.15, 0.2) is 5.75 Å². The predicted octanol–water partition coefficient (Wildman–Crippen LogP) is 5.96. The van der Waals surface area contributed by atoms with E-state index in [4.69, 9.17) is 16.3 Å². The molecule has 0 saturated heterocycles. The van der Waals surface area contributed by atoms with Gasteiger partial charge < -0.3 is 4.74 Å². The molecule has 0 aliphatic heterocycles. The number of nitro benzene ring substituents is 1. The largest absolute Gasteiger partial charge is 0.455 e. The minimum Gasteiger partial charge on any atom is -0.455 e. The summed E-state index contributed by atoms with van der Waals surface area (Å²) in [6.45, 7) is 1.97. The quantitative estimate of drug-likeness (QED) is 0.338. The molecule has 0 radical (unpaired) electrons. The Kier molecular flexibility index (Phi) is 5.24. The molecule has 0 N–H and O–H groups in total. The smallest absolute Gasteiger partial charge is 0.271 e. The number of benzene rings is 2. The first-order valence-corrected chi connectivity index (χ1v) is 8.01. The van der Waals surface area contributed by atoms with E-state index in [2.05, 4.69) is 31.9 Å². The summed E-state index contributed by atoms with van der Waals surface area (Å²) in [4.78, 5) is 10.4. The van der Waals surface area contributed by atoms with Crippen LogP contribution in [0, 0.1) is 17.0 Å². The van der Waals surface area contributed by atoms with Crippen molar-refractivity contribution in [3.05, 3.63) is 60.5 Å². The van der Waals surface area contributed by atoms with Crippen LogP contribution in [0.4, 0.5) is 5.69 Å². The van der Waals surface area contributed by atoms with E-state index in [9.17, 15) is 10.1 Å². The molecule has 0 saturated carbocycles. The Morgan fingerprint density at radius 2 is 1.86 bits per heavy atom. The summed E-state index contributed by atoms with van der Waals surface area (Å²) in [6.07, 6.45) is 0. The lowest BCUT2D eigenvalue weighted by atomic mass is 10.1. The normalized spacial score (nSPS) is 10.5. The van der Waals surface area contributed by atoms with Crippen molar-refractivity contribution in [2.75, 3.05) is 0 Å². The lowest BCUT2D eigenvalue weighted by molar-refractivity contribution is -0.385. The third-order valence-corrected chi connectivity index (χ3v) is 4.23. The summed E-state index contributed by atoms with van der Waals surface area (Å²) >= 11 is 12.5. The van der Waals surface area contributed by atoms with Gasteiger partial charge in [-0.05, 0) is 44.8 Å². The minimum atomic E-state index is -0.463. The molecule has 0 aliphatic carbocycles. The number of non-ortho nitro benzene ring substituents is 1. The lowest BCUT2D eigenvalue weighted by Gasteiger charge is -2.13. The molecular formula is C14H10Br2ClNO3. The zero-order valence-electron chi connectivity index (χ0n) is 10.9. The van der Waals surface area contributed by atoms with Gasteiger partial charge in [0.1, 0.15) is 5.75 Å². The average Bonchev–Trinajstić information content (AvgIpc) is 2.43. The number of halogens is 3. The molecule has 0 unspecified atom stereocenters. The molecule has 0 amide bonds. The van der Waals surface area contributed by atoms with E-state index < -0.39 is 4.92 Å². The van der Waals surface area contributed by atoms with Gasteiger partial charge in [-0.2, -0.15) is 0 Å². The summed E-state index contributed by atoms with van der Waals surface area (Å²) in [5, 5.41) is 10.8. The van der Waals surface area contributed by atoms with Gasteiger partial charge in [0.2, 0.25) is 0 Å². The van der Waals surface area contributed by atoms with Crippen LogP contribution in [0.1, 0.15) is 11.1 Å². The number of aryl methyl sites for hydroxylation is 1. The molecule has 0 aromatic heterocycles. The van der Waals surface area contributed by atoms with Crippen molar-refractivity contribution in [1.29, 1.82) is 0 Å². The van der Waals surface area contributed by atoms with Gasteiger partial charge in [-0.3, -0.25) is 10.1 Å². The van der Waals surface area contributed by atoms with Gasteiger partial charge in [-0.15, -0.1) is 11.6 Å². The van der Waals surface area contributed by atoms with Crippen molar-refractivity contribution in [1.82, 2.24) is 0 Å². The van der Waals surface area contributed by atoms with Gasteiger partial charge >= 0.3 is 0 Å². The number of ether oxygens (including phenoxy) is 1. The highest BCUT2D eigenvalue weighted by atomic mass is 79.9. The van der Waals surface area contributed by atoms with Gasteiger partial charge in [-0.1, -0.05) is 17.7 Å². The molecule has 2 rings (SSSR count). The number of nitro groups is 1. The van der Waals surface area contributed by atoms with Crippen LogP contribution in [-0.4, -0.2) is 4.92 Å². The lowest BCUT2D eigenvalue weighted by Crippen LogP contribution is -1.94. The highest BCUT2D eigenvalue weighted by Crippen LogP contribution is 2.40. The molecule has 2 aromatic rings. The van der Waals surface area contributed by atoms with E-state index in [1.807, 2.05) is 25.1 Å². The maximum atomic E-state index is 10.8. The SMILES string of the molecule is Cc1ccc(Oc2c(Br)cc([N+](=O)[O-])cc2Br)c(CCl)c1. The van der Waals surface area contributed by atoms with Crippen LogP contribution in [0.2, 0.25) is 0 Å². The van der Waals surface area contributed by atoms with Crippen LogP contribution in [0.15, 0.2) is 39.3 Å². The van der Waals surface area contributed by atoms with E-state index in [1.165, 1.54) is 12.1 Å². The van der Waals surface area contributed by atoms with Crippen LogP contribution < -0.4 is 4.74 Å². The highest BCUT2D eigenvalue weighted by molar-refractivity contribution is 9.11. The van der Waals surface area contributed by atoms with E-state index >= 15 is 0 Å². The monoisotopic (exact) mass is 433 g/mol. The molecule has 0 heterocycles. The molecule has 0 bridgehead atoms. The molecule has 4 nitrogen and oxygen atoms in total. The van der Waals surface area contributed by atoms with Crippen LogP contribution in [0.25, 0.3) is 0 Å². The van der Waals surface area contributed by atoms with Crippen molar-refractivity contribution in [3.8, 4) is 11.5 Å². The Morgan fingerprint density at radius 1 is 1.24 bits per heavy atom. The zero-order chi connectivity index (χ0) is 15.6. The summed E-state index contributed by atoms with van der Waals surface area (Å²) in [5.74, 6) is 1.40. The fourth-order valence-corrected chi connectivity index (χ4v) is 3.30. The fraction of sp³-hybridized carbons (Fsp3) is 0.143. The van der Waals surface area contributed by atoms with Crippen LogP contribution in [-0.2, 0) is 5.88 Å². The molecule has 0 atom stereocenters. The molecule has 2 aromatic carbocycles. The van der Waals surface area contributed by atoms with Crippen LogP contribution >= 0.6 is 43.5 Å². The van der Waals surface area contributed by atoms with E-state index in [-0.39, 0.29) is 5.69 Å². The van der Waals surface area contributed by atoms with E-state index in [0.717, 1.165) is 11.1 Å². The fourth-order valence-electron chi connectivity index (χ4n) is 1.77. The second kappa shape index (κ2) is 6.77. The molecule has 0 aliphatic rings. The first-order chi connectivity index (χ1) is 9.92. The number of rotatable bonds is 4. The third kappa shape index (κ3) is 3.75. The minimum absolute atomic E-state index is 0.0254. The molecule has 7 heteroatoms. The second-order valence-electron chi connectivity index (χ2n) is 4.34. The molecular weight excluding hydrogens is 425 g/mol. The summed E-state index contributed by atoms with van der Waals surface area (Å²) in [6, 6.07) is 8.48. The third-order valence-electron chi connectivity index (χ3n) is 2.77. The predicted molar refractivity (Wildman–Crippen MR) is 89.3 cm³/mol. The maximum Gasteiger partial charge on any atom is 0.271 e. The van der Waals surface area contributed by atoms with Crippen LogP contribution in [0.3, 0.4) is 0 Å². The average molecular weight is 435 g/mol. The van der Waals surface area contributed by atoms with Crippen LogP contribution in [0.5, 0.6) is 11.5 Å². The highest BCUT2D eigenvalue weighted by Gasteiger charge is 2.16. The number of hydrogen-bond donors (Lipinski definition) is 0. The van der Waals surface area contributed by atoms with Crippen molar-refractivity contribution in [2.45, 2.75) is 12.8 Å². The van der Waals surface area contributed by atoms with Crippen molar-refractivity contribution < 1.29 is 9.66 Å². The Labute approximate surface area is 143 Å². The Balaban J connectivity index is 2.43. The number of nitrogens with zero attached hydrogens (tertiary/aromatic N) is 1. The first-order valence-electron chi connectivity index (χ1n) is 5.89. The van der Waals surface area contributed by atoms with Gasteiger partial charge in [0, 0.05) is 17.7 Å². The van der Waals surface area contributed by atoms with Gasteiger partial charge in [0.05, 0.1) is 19.7 Å². The molecule has 110 valence electrons. The van der Waals surface area contributed by atoms with Gasteiger partial charge in [-0.25, -0.2) is 0 Å². The second-order valence-corrected chi connectivity index (χ2v) is 6.32. The van der Waals surface area contributed by atoms with Gasteiger partial charge in [0.25, 0.3) is 5.69 Å². The summed E-state index contributed by atoms with van der Waals surface area (Å²) in [7, 11) is 0. The zero-order valence-corrected chi connectivity index (χ0v) is 14.8. The molecule has 21 heavy (non-hydrogen) atoms. The van der Waals surface area contributed by atoms with Crippen molar-refractivity contribution >= 4 is 49.1 Å². The van der Waals surface area contributed by atoms with Crippen molar-refractivity contribution in [3.63, 3.8) is 0 Å². The van der Waals surface area contributed by atoms with E-state index in [0.29, 0.717) is 26.3 Å². The maximum absolute atomic E-state index is 10.8.